The molecule has 0 saturated carbocycles. The maximum Gasteiger partial charge on any atom is 0.324 e. The van der Waals surface area contributed by atoms with E-state index in [4.69, 9.17) is 0 Å². The van der Waals surface area contributed by atoms with Gasteiger partial charge in [0.15, 0.2) is 0 Å². The third-order valence-corrected chi connectivity index (χ3v) is 3.41. The van der Waals surface area contributed by atoms with Crippen molar-refractivity contribution in [2.24, 2.45) is 0 Å². The van der Waals surface area contributed by atoms with Gasteiger partial charge >= 0.3 is 11.8 Å². The Hall–Kier alpha value is -1.92. The van der Waals surface area contributed by atoms with Gasteiger partial charge in [-0.25, -0.2) is 5.01 Å². The van der Waals surface area contributed by atoms with Gasteiger partial charge in [-0.3, -0.25) is 15.0 Å². The summed E-state index contributed by atoms with van der Waals surface area (Å²) in [4.78, 5) is 27.5. The number of nitrogens with zero attached hydrogens (tertiary/aromatic N) is 3. The zero-order chi connectivity index (χ0) is 14.5. The predicted octanol–water partition coefficient (Wildman–Crippen LogP) is -0.0720. The Labute approximate surface area is 118 Å². The molecule has 1 fully saturated rings. The highest BCUT2D eigenvalue weighted by atomic mass is 16.2. The fourth-order valence-corrected chi connectivity index (χ4v) is 2.03. The van der Waals surface area contributed by atoms with Crippen LogP contribution in [0, 0.1) is 0 Å². The van der Waals surface area contributed by atoms with E-state index in [9.17, 15) is 9.59 Å². The number of amides is 2. The second-order valence-electron chi connectivity index (χ2n) is 4.93. The summed E-state index contributed by atoms with van der Waals surface area (Å²) in [5.74, 6) is -1.16. The van der Waals surface area contributed by atoms with Crippen LogP contribution in [0.1, 0.15) is 0 Å². The number of piperazine rings is 1. The molecule has 2 amide bonds. The lowest BCUT2D eigenvalue weighted by atomic mass is 10.3. The fraction of sp³-hybridized carbons (Fsp3) is 0.429. The number of hydrazine groups is 1. The molecule has 0 aliphatic carbocycles. The molecule has 20 heavy (non-hydrogen) atoms. The lowest BCUT2D eigenvalue weighted by Gasteiger charge is -2.32. The third kappa shape index (κ3) is 3.55. The van der Waals surface area contributed by atoms with E-state index in [1.807, 2.05) is 25.2 Å². The zero-order valence-electron chi connectivity index (χ0n) is 11.9. The molecule has 0 unspecified atom stereocenters. The van der Waals surface area contributed by atoms with Crippen molar-refractivity contribution in [1.29, 1.82) is 0 Å². The third-order valence-electron chi connectivity index (χ3n) is 3.41. The molecule has 1 saturated heterocycles. The van der Waals surface area contributed by atoms with Gasteiger partial charge in [-0.2, -0.15) is 0 Å². The molecule has 1 heterocycles. The molecule has 1 N–H and O–H groups in total. The van der Waals surface area contributed by atoms with Crippen LogP contribution in [-0.4, -0.2) is 62.0 Å². The molecular weight excluding hydrogens is 256 g/mol. The molecule has 0 spiro atoms. The minimum absolute atomic E-state index is 0.560. The largest absolute Gasteiger partial charge is 0.324 e. The van der Waals surface area contributed by atoms with E-state index in [-0.39, 0.29) is 0 Å². The number of benzene rings is 1. The molecule has 0 aromatic heterocycles. The Morgan fingerprint density at radius 2 is 1.70 bits per heavy atom. The first kappa shape index (κ1) is 14.5. The molecule has 0 radical (unpaired) electrons. The lowest BCUT2D eigenvalue weighted by Crippen LogP contribution is -2.55. The van der Waals surface area contributed by atoms with Gasteiger partial charge in [0, 0.05) is 38.9 Å². The normalized spacial score (nSPS) is 16.7. The van der Waals surface area contributed by atoms with Gasteiger partial charge < -0.3 is 9.80 Å². The van der Waals surface area contributed by atoms with E-state index in [0.29, 0.717) is 5.69 Å². The maximum absolute atomic E-state index is 12.1. The van der Waals surface area contributed by atoms with Crippen LogP contribution in [0.2, 0.25) is 0 Å². The number of hydrogen-bond acceptors (Lipinski definition) is 4. The molecule has 1 aromatic carbocycles. The van der Waals surface area contributed by atoms with Gasteiger partial charge in [-0.15, -0.1) is 0 Å². The maximum atomic E-state index is 12.1. The first-order chi connectivity index (χ1) is 9.58. The average molecular weight is 276 g/mol. The molecular formula is C14H20N4O2. The molecule has 108 valence electrons. The summed E-state index contributed by atoms with van der Waals surface area (Å²) < 4.78 is 0. The standard InChI is InChI=1S/C14H20N4O2/c1-16-8-10-18(11-9-16)15-13(19)14(20)17(2)12-6-4-3-5-7-12/h3-7H,8-11H2,1-2H3,(H,15,19). The van der Waals surface area contributed by atoms with E-state index < -0.39 is 11.8 Å². The number of para-hydroxylation sites is 1. The molecule has 1 aliphatic rings. The Morgan fingerprint density at radius 3 is 2.30 bits per heavy atom. The highest BCUT2D eigenvalue weighted by molar-refractivity contribution is 6.40. The second-order valence-corrected chi connectivity index (χ2v) is 4.93. The van der Waals surface area contributed by atoms with Crippen molar-refractivity contribution >= 4 is 17.5 Å². The zero-order valence-corrected chi connectivity index (χ0v) is 11.9. The Kier molecular flexibility index (Phi) is 4.70. The number of carbonyl (C=O) groups excluding carboxylic acids is 2. The average Bonchev–Trinajstić information content (AvgIpc) is 2.49. The van der Waals surface area contributed by atoms with Crippen LogP contribution in [0.5, 0.6) is 0 Å². The van der Waals surface area contributed by atoms with Crippen LogP contribution in [0.3, 0.4) is 0 Å². The summed E-state index contributed by atoms with van der Waals surface area (Å²) in [5, 5.41) is 1.79. The van der Waals surface area contributed by atoms with Gasteiger partial charge in [0.25, 0.3) is 0 Å². The van der Waals surface area contributed by atoms with Crippen molar-refractivity contribution in [2.75, 3.05) is 45.2 Å². The van der Waals surface area contributed by atoms with Crippen LogP contribution >= 0.6 is 0 Å². The monoisotopic (exact) mass is 276 g/mol. The number of hydrogen-bond donors (Lipinski definition) is 1. The van der Waals surface area contributed by atoms with Crippen LogP contribution < -0.4 is 10.3 Å². The summed E-state index contributed by atoms with van der Waals surface area (Å²) in [6, 6.07) is 9.11. The second kappa shape index (κ2) is 6.49. The van der Waals surface area contributed by atoms with Crippen LogP contribution in [0.25, 0.3) is 0 Å². The fourth-order valence-electron chi connectivity index (χ4n) is 2.03. The Morgan fingerprint density at radius 1 is 1.10 bits per heavy atom. The van der Waals surface area contributed by atoms with E-state index in [1.54, 1.807) is 24.2 Å². The van der Waals surface area contributed by atoms with Crippen molar-refractivity contribution in [3.63, 3.8) is 0 Å². The number of rotatable bonds is 2. The van der Waals surface area contributed by atoms with Crippen LogP contribution in [-0.2, 0) is 9.59 Å². The summed E-state index contributed by atoms with van der Waals surface area (Å²) in [5.41, 5.74) is 3.37. The van der Waals surface area contributed by atoms with E-state index in [1.165, 1.54) is 4.90 Å². The Bertz CT molecular complexity index is 469. The minimum Gasteiger partial charge on any atom is -0.307 e. The highest BCUT2D eigenvalue weighted by Crippen LogP contribution is 2.11. The van der Waals surface area contributed by atoms with Crippen molar-refractivity contribution in [3.8, 4) is 0 Å². The molecule has 2 rings (SSSR count). The van der Waals surface area contributed by atoms with Gasteiger partial charge in [-0.05, 0) is 19.2 Å². The summed E-state index contributed by atoms with van der Waals surface area (Å²) in [6.07, 6.45) is 0. The number of nitrogens with one attached hydrogen (secondary N) is 1. The van der Waals surface area contributed by atoms with E-state index in [2.05, 4.69) is 10.3 Å². The van der Waals surface area contributed by atoms with Crippen molar-refractivity contribution in [2.45, 2.75) is 0 Å². The van der Waals surface area contributed by atoms with Crippen LogP contribution in [0.4, 0.5) is 5.69 Å². The van der Waals surface area contributed by atoms with Gasteiger partial charge in [0.2, 0.25) is 0 Å². The van der Waals surface area contributed by atoms with Crippen molar-refractivity contribution < 1.29 is 9.59 Å². The van der Waals surface area contributed by atoms with Crippen LogP contribution in [0.15, 0.2) is 30.3 Å². The van der Waals surface area contributed by atoms with Crippen molar-refractivity contribution in [3.05, 3.63) is 30.3 Å². The quantitative estimate of drug-likeness (QED) is 0.768. The first-order valence-corrected chi connectivity index (χ1v) is 6.65. The van der Waals surface area contributed by atoms with Gasteiger partial charge in [0.1, 0.15) is 0 Å². The lowest BCUT2D eigenvalue weighted by molar-refractivity contribution is -0.141. The predicted molar refractivity (Wildman–Crippen MR) is 77.1 cm³/mol. The molecule has 1 aromatic rings. The number of likely N-dealkylation sites (N-methyl/N-ethyl adjacent to an activating group) is 2. The number of anilines is 1. The van der Waals surface area contributed by atoms with Crippen molar-refractivity contribution in [1.82, 2.24) is 15.3 Å². The SMILES string of the molecule is CN1CCN(NC(=O)C(=O)N(C)c2ccccc2)CC1. The summed E-state index contributed by atoms with van der Waals surface area (Å²) >= 11 is 0. The van der Waals surface area contributed by atoms with Gasteiger partial charge in [0.05, 0.1) is 0 Å². The van der Waals surface area contributed by atoms with E-state index >= 15 is 0 Å². The Balaban J connectivity index is 1.90. The topological polar surface area (TPSA) is 55.9 Å². The molecule has 0 bridgehead atoms. The smallest absolute Gasteiger partial charge is 0.307 e. The summed E-state index contributed by atoms with van der Waals surface area (Å²) in [6.45, 7) is 3.21. The molecule has 6 heteroatoms. The highest BCUT2D eigenvalue weighted by Gasteiger charge is 2.23. The summed E-state index contributed by atoms with van der Waals surface area (Å²) in [7, 11) is 3.63. The molecule has 6 nitrogen and oxygen atoms in total. The minimum atomic E-state index is -0.596. The van der Waals surface area contributed by atoms with Gasteiger partial charge in [-0.1, -0.05) is 18.2 Å². The first-order valence-electron chi connectivity index (χ1n) is 6.65. The molecule has 0 atom stereocenters. The molecule has 1 aliphatic heterocycles. The number of carbonyl (C=O) groups is 2. The van der Waals surface area contributed by atoms with E-state index in [0.717, 1.165) is 26.2 Å².